The minimum atomic E-state index is -0.303. The summed E-state index contributed by atoms with van der Waals surface area (Å²) < 4.78 is 1.14. The summed E-state index contributed by atoms with van der Waals surface area (Å²) in [6.45, 7) is 1.02. The molecular weight excluding hydrogens is 234 g/mol. The van der Waals surface area contributed by atoms with Crippen LogP contribution in [0.1, 0.15) is 12.8 Å². The first-order valence-electron chi connectivity index (χ1n) is 5.99. The number of amides is 1. The smallest absolute Gasteiger partial charge is 0.269 e. The second kappa shape index (κ2) is 5.63. The van der Waals surface area contributed by atoms with Crippen LogP contribution in [-0.4, -0.2) is 34.8 Å². The van der Waals surface area contributed by atoms with Crippen molar-refractivity contribution in [2.45, 2.75) is 25.4 Å². The summed E-state index contributed by atoms with van der Waals surface area (Å²) in [6, 6.07) is 1.70. The number of nitrogens with zero attached hydrogens (tertiary/aromatic N) is 2. The van der Waals surface area contributed by atoms with Gasteiger partial charge in [0.1, 0.15) is 6.54 Å². The molecule has 0 atom stereocenters. The molecule has 0 aromatic carbocycles. The topological polar surface area (TPSA) is 102 Å². The lowest BCUT2D eigenvalue weighted by Gasteiger charge is -2.07. The average molecular weight is 251 g/mol. The first-order chi connectivity index (χ1) is 8.69. The Labute approximate surface area is 104 Å². The Morgan fingerprint density at radius 1 is 1.56 bits per heavy atom. The largest absolute Gasteiger partial charge is 0.382 e. The van der Waals surface area contributed by atoms with Gasteiger partial charge < -0.3 is 16.4 Å². The number of nitrogens with two attached hydrogens (primary N) is 1. The van der Waals surface area contributed by atoms with Crippen LogP contribution < -0.4 is 21.9 Å². The van der Waals surface area contributed by atoms with Gasteiger partial charge in [0.25, 0.3) is 5.56 Å². The maximum Gasteiger partial charge on any atom is 0.269 e. The van der Waals surface area contributed by atoms with Crippen molar-refractivity contribution < 1.29 is 4.79 Å². The number of anilines is 1. The molecule has 1 fully saturated rings. The quantitative estimate of drug-likeness (QED) is 0.595. The second-order valence-electron chi connectivity index (χ2n) is 4.30. The third-order valence-corrected chi connectivity index (χ3v) is 2.58. The van der Waals surface area contributed by atoms with Gasteiger partial charge in [-0.1, -0.05) is 0 Å². The van der Waals surface area contributed by atoms with E-state index < -0.39 is 0 Å². The van der Waals surface area contributed by atoms with Crippen molar-refractivity contribution in [1.29, 1.82) is 0 Å². The molecule has 0 radical (unpaired) electrons. The Morgan fingerprint density at radius 2 is 2.33 bits per heavy atom. The molecule has 0 saturated heterocycles. The Morgan fingerprint density at radius 3 is 2.94 bits per heavy atom. The molecule has 0 bridgehead atoms. The van der Waals surface area contributed by atoms with Crippen LogP contribution in [0.25, 0.3) is 0 Å². The van der Waals surface area contributed by atoms with E-state index in [0.717, 1.165) is 17.5 Å². The summed E-state index contributed by atoms with van der Waals surface area (Å²) in [5.41, 5.74) is 5.66. The number of hydrogen-bond acceptors (Lipinski definition) is 5. The van der Waals surface area contributed by atoms with Gasteiger partial charge in [-0.3, -0.25) is 9.59 Å². The Kier molecular flexibility index (Phi) is 3.93. The number of hydrogen-bond donors (Lipinski definition) is 3. The summed E-state index contributed by atoms with van der Waals surface area (Å²) in [7, 11) is 0. The van der Waals surface area contributed by atoms with E-state index in [1.165, 1.54) is 12.3 Å². The highest BCUT2D eigenvalue weighted by atomic mass is 16.2. The van der Waals surface area contributed by atoms with Crippen LogP contribution in [0.5, 0.6) is 0 Å². The number of aromatic nitrogens is 2. The fourth-order valence-electron chi connectivity index (χ4n) is 1.50. The van der Waals surface area contributed by atoms with Crippen molar-refractivity contribution in [3.8, 4) is 0 Å². The fraction of sp³-hybridized carbons (Fsp3) is 0.545. The molecule has 1 heterocycles. The monoisotopic (exact) mass is 251 g/mol. The van der Waals surface area contributed by atoms with Crippen molar-refractivity contribution in [3.63, 3.8) is 0 Å². The van der Waals surface area contributed by atoms with Gasteiger partial charge >= 0.3 is 0 Å². The van der Waals surface area contributed by atoms with Gasteiger partial charge in [-0.05, 0) is 12.8 Å². The van der Waals surface area contributed by atoms with Crippen LogP contribution in [0, 0.1) is 0 Å². The molecule has 98 valence electrons. The minimum Gasteiger partial charge on any atom is -0.382 e. The molecule has 18 heavy (non-hydrogen) atoms. The molecular formula is C11H17N5O2. The second-order valence-corrected chi connectivity index (χ2v) is 4.30. The van der Waals surface area contributed by atoms with E-state index in [-0.39, 0.29) is 18.0 Å². The van der Waals surface area contributed by atoms with Gasteiger partial charge in [0, 0.05) is 25.2 Å². The van der Waals surface area contributed by atoms with Crippen LogP contribution in [0.3, 0.4) is 0 Å². The Balaban J connectivity index is 1.95. The zero-order valence-corrected chi connectivity index (χ0v) is 10.1. The predicted octanol–water partition coefficient (Wildman–Crippen LogP) is -1.11. The van der Waals surface area contributed by atoms with Crippen LogP contribution in [0.2, 0.25) is 0 Å². The Bertz CT molecular complexity index is 481. The lowest BCUT2D eigenvalue weighted by Crippen LogP contribution is -2.34. The molecule has 1 aliphatic carbocycles. The molecule has 7 nitrogen and oxygen atoms in total. The summed E-state index contributed by atoms with van der Waals surface area (Å²) >= 11 is 0. The molecule has 4 N–H and O–H groups in total. The van der Waals surface area contributed by atoms with E-state index in [2.05, 4.69) is 15.7 Å². The highest BCUT2D eigenvalue weighted by Gasteiger charge is 2.23. The van der Waals surface area contributed by atoms with Crippen LogP contribution in [0.15, 0.2) is 17.1 Å². The van der Waals surface area contributed by atoms with Crippen LogP contribution >= 0.6 is 0 Å². The average Bonchev–Trinajstić information content (AvgIpc) is 3.13. The molecule has 1 aromatic rings. The number of carbonyl (C=O) groups is 1. The van der Waals surface area contributed by atoms with E-state index in [1.807, 2.05) is 0 Å². The van der Waals surface area contributed by atoms with Crippen molar-refractivity contribution >= 4 is 11.6 Å². The molecule has 2 rings (SSSR count). The van der Waals surface area contributed by atoms with E-state index in [9.17, 15) is 9.59 Å². The lowest BCUT2D eigenvalue weighted by atomic mass is 10.4. The third kappa shape index (κ3) is 3.56. The van der Waals surface area contributed by atoms with E-state index in [0.29, 0.717) is 24.8 Å². The molecule has 1 aliphatic rings. The number of rotatable bonds is 6. The summed E-state index contributed by atoms with van der Waals surface area (Å²) in [6.07, 6.45) is 3.56. The summed E-state index contributed by atoms with van der Waals surface area (Å²) in [4.78, 5) is 23.2. The van der Waals surface area contributed by atoms with Crippen molar-refractivity contribution in [1.82, 2.24) is 15.1 Å². The molecule has 0 aliphatic heterocycles. The Hall–Kier alpha value is -1.89. The molecule has 1 aromatic heterocycles. The number of carbonyl (C=O) groups excluding carboxylic acids is 1. The van der Waals surface area contributed by atoms with Crippen molar-refractivity contribution in [2.75, 3.05) is 18.4 Å². The minimum absolute atomic E-state index is 0.0352. The zero-order chi connectivity index (χ0) is 13.0. The molecule has 1 saturated carbocycles. The van der Waals surface area contributed by atoms with Crippen molar-refractivity contribution in [3.05, 3.63) is 22.6 Å². The summed E-state index contributed by atoms with van der Waals surface area (Å²) in [5.74, 6) is -0.172. The standard InChI is InChI=1S/C11H17N5O2/c12-3-4-13-9-5-11(18)16(14-6-9)7-10(17)15-8-1-2-8/h5-6,8,13H,1-4,7,12H2,(H,15,17). The predicted molar refractivity (Wildman–Crippen MR) is 67.2 cm³/mol. The number of nitrogens with one attached hydrogen (secondary N) is 2. The van der Waals surface area contributed by atoms with Crippen LogP contribution in [-0.2, 0) is 11.3 Å². The molecule has 0 unspecified atom stereocenters. The first-order valence-corrected chi connectivity index (χ1v) is 5.99. The first kappa shape index (κ1) is 12.6. The fourth-order valence-corrected chi connectivity index (χ4v) is 1.50. The maximum absolute atomic E-state index is 11.7. The van der Waals surface area contributed by atoms with Gasteiger partial charge in [-0.25, -0.2) is 4.68 Å². The maximum atomic E-state index is 11.7. The lowest BCUT2D eigenvalue weighted by molar-refractivity contribution is -0.122. The van der Waals surface area contributed by atoms with Gasteiger partial charge in [0.2, 0.25) is 5.91 Å². The van der Waals surface area contributed by atoms with E-state index >= 15 is 0 Å². The third-order valence-electron chi connectivity index (χ3n) is 2.58. The van der Waals surface area contributed by atoms with Gasteiger partial charge in [0.15, 0.2) is 0 Å². The zero-order valence-electron chi connectivity index (χ0n) is 10.1. The van der Waals surface area contributed by atoms with Gasteiger partial charge in [-0.15, -0.1) is 0 Å². The molecule has 7 heteroatoms. The summed E-state index contributed by atoms with van der Waals surface area (Å²) in [5, 5.41) is 9.70. The van der Waals surface area contributed by atoms with Crippen LogP contribution in [0.4, 0.5) is 5.69 Å². The SMILES string of the molecule is NCCNc1cnn(CC(=O)NC2CC2)c(=O)c1. The normalized spacial score (nSPS) is 14.3. The van der Waals surface area contributed by atoms with Gasteiger partial charge in [-0.2, -0.15) is 5.10 Å². The highest BCUT2D eigenvalue weighted by Crippen LogP contribution is 2.18. The molecule has 0 spiro atoms. The van der Waals surface area contributed by atoms with E-state index in [4.69, 9.17) is 5.73 Å². The van der Waals surface area contributed by atoms with Crippen molar-refractivity contribution in [2.24, 2.45) is 5.73 Å². The van der Waals surface area contributed by atoms with Gasteiger partial charge in [0.05, 0.1) is 11.9 Å². The molecule has 1 amide bonds. The highest BCUT2D eigenvalue weighted by molar-refractivity contribution is 5.76. The van der Waals surface area contributed by atoms with E-state index in [1.54, 1.807) is 0 Å².